The van der Waals surface area contributed by atoms with Crippen molar-refractivity contribution in [2.24, 2.45) is 0 Å². The number of anilines is 1. The Balaban J connectivity index is 2.35. The number of aryl methyl sites for hydroxylation is 1. The number of hydrogen-bond acceptors (Lipinski definition) is 1. The molecule has 0 radical (unpaired) electrons. The van der Waals surface area contributed by atoms with Crippen molar-refractivity contribution in [1.82, 2.24) is 0 Å². The van der Waals surface area contributed by atoms with Gasteiger partial charge in [-0.1, -0.05) is 50.8 Å². The highest BCUT2D eigenvalue weighted by molar-refractivity contribution is 9.10. The van der Waals surface area contributed by atoms with Gasteiger partial charge < -0.3 is 5.32 Å². The van der Waals surface area contributed by atoms with Crippen LogP contribution in [0.4, 0.5) is 5.69 Å². The maximum absolute atomic E-state index is 12.3. The van der Waals surface area contributed by atoms with Crippen LogP contribution in [-0.2, 0) is 0 Å². The average Bonchev–Trinajstić information content (AvgIpc) is 2.36. The minimum Gasteiger partial charge on any atom is -0.319 e. The van der Waals surface area contributed by atoms with E-state index in [0.717, 1.165) is 10.0 Å². The van der Waals surface area contributed by atoms with E-state index in [2.05, 4.69) is 37.2 Å². The van der Waals surface area contributed by atoms with Crippen LogP contribution in [0.25, 0.3) is 0 Å². The van der Waals surface area contributed by atoms with E-state index in [-0.39, 0.29) is 5.91 Å². The standard InChI is InChI=1S/C14H9Br2Cl2NO/c1-7-2-3-10(16)9(4-7)14(20)19-13-11(17)5-8(15)6-12(13)18/h2-6H,1H3,(H,19,20). The lowest BCUT2D eigenvalue weighted by Gasteiger charge is -2.11. The van der Waals surface area contributed by atoms with E-state index in [4.69, 9.17) is 23.2 Å². The van der Waals surface area contributed by atoms with Gasteiger partial charge in [0, 0.05) is 8.95 Å². The average molecular weight is 438 g/mol. The Morgan fingerprint density at radius 2 is 1.70 bits per heavy atom. The van der Waals surface area contributed by atoms with Crippen molar-refractivity contribution < 1.29 is 4.79 Å². The van der Waals surface area contributed by atoms with Crippen molar-refractivity contribution in [2.75, 3.05) is 5.32 Å². The number of carbonyl (C=O) groups is 1. The summed E-state index contributed by atoms with van der Waals surface area (Å²) >= 11 is 18.8. The van der Waals surface area contributed by atoms with E-state index in [1.165, 1.54) is 0 Å². The zero-order valence-corrected chi connectivity index (χ0v) is 15.0. The summed E-state index contributed by atoms with van der Waals surface area (Å²) in [4.78, 5) is 12.3. The number of nitrogens with one attached hydrogen (secondary N) is 1. The van der Waals surface area contributed by atoms with Crippen LogP contribution in [0.3, 0.4) is 0 Å². The van der Waals surface area contributed by atoms with Crippen LogP contribution < -0.4 is 5.32 Å². The number of amides is 1. The lowest BCUT2D eigenvalue weighted by Crippen LogP contribution is -2.13. The normalized spacial score (nSPS) is 10.4. The summed E-state index contributed by atoms with van der Waals surface area (Å²) in [5, 5.41) is 3.49. The monoisotopic (exact) mass is 435 g/mol. The number of rotatable bonds is 2. The van der Waals surface area contributed by atoms with Crippen molar-refractivity contribution in [1.29, 1.82) is 0 Å². The highest BCUT2D eigenvalue weighted by Gasteiger charge is 2.15. The smallest absolute Gasteiger partial charge is 0.256 e. The van der Waals surface area contributed by atoms with Gasteiger partial charge in [0.1, 0.15) is 0 Å². The fraction of sp³-hybridized carbons (Fsp3) is 0.0714. The van der Waals surface area contributed by atoms with Gasteiger partial charge in [0.25, 0.3) is 5.91 Å². The molecule has 0 unspecified atom stereocenters. The van der Waals surface area contributed by atoms with Gasteiger partial charge in [-0.15, -0.1) is 0 Å². The molecule has 2 rings (SSSR count). The summed E-state index contributed by atoms with van der Waals surface area (Å²) in [5.74, 6) is -0.272. The molecule has 1 amide bonds. The first-order chi connectivity index (χ1) is 9.38. The lowest BCUT2D eigenvalue weighted by atomic mass is 10.1. The van der Waals surface area contributed by atoms with Gasteiger partial charge in [0.05, 0.1) is 21.3 Å². The molecular formula is C14H9Br2Cl2NO. The van der Waals surface area contributed by atoms with Gasteiger partial charge in [-0.3, -0.25) is 4.79 Å². The van der Waals surface area contributed by atoms with Gasteiger partial charge in [-0.25, -0.2) is 0 Å². The Hall–Kier alpha value is -0.550. The third-order valence-corrected chi connectivity index (χ3v) is 4.36. The first kappa shape index (κ1) is 15.8. The molecule has 2 aromatic rings. The fourth-order valence-electron chi connectivity index (χ4n) is 1.66. The molecule has 6 heteroatoms. The summed E-state index contributed by atoms with van der Waals surface area (Å²) in [6.07, 6.45) is 0. The Labute approximate surface area is 143 Å². The molecule has 2 nitrogen and oxygen atoms in total. The SMILES string of the molecule is Cc1ccc(Br)c(C(=O)Nc2c(Cl)cc(Br)cc2Cl)c1. The summed E-state index contributed by atoms with van der Waals surface area (Å²) in [6.45, 7) is 1.92. The second-order valence-electron chi connectivity index (χ2n) is 4.18. The first-order valence-corrected chi connectivity index (χ1v) is 7.94. The molecule has 0 aliphatic heterocycles. The van der Waals surface area contributed by atoms with Crippen molar-refractivity contribution in [3.8, 4) is 0 Å². The first-order valence-electron chi connectivity index (χ1n) is 5.60. The maximum atomic E-state index is 12.3. The van der Waals surface area contributed by atoms with Crippen molar-refractivity contribution >= 4 is 66.7 Å². The van der Waals surface area contributed by atoms with Gasteiger partial charge in [-0.2, -0.15) is 0 Å². The van der Waals surface area contributed by atoms with E-state index in [9.17, 15) is 4.79 Å². The number of hydrogen-bond donors (Lipinski definition) is 1. The quantitative estimate of drug-likeness (QED) is 0.606. The van der Waals surface area contributed by atoms with Crippen LogP contribution >= 0.6 is 55.1 Å². The topological polar surface area (TPSA) is 29.1 Å². The molecule has 1 N–H and O–H groups in total. The number of benzene rings is 2. The molecule has 0 aliphatic carbocycles. The van der Waals surface area contributed by atoms with E-state index < -0.39 is 0 Å². The van der Waals surface area contributed by atoms with Crippen molar-refractivity contribution in [3.63, 3.8) is 0 Å². The molecule has 2 aromatic carbocycles. The summed E-state index contributed by atoms with van der Waals surface area (Å²) in [6, 6.07) is 8.89. The summed E-state index contributed by atoms with van der Waals surface area (Å²) in [5.41, 5.74) is 1.92. The van der Waals surface area contributed by atoms with Crippen molar-refractivity contribution in [3.05, 3.63) is 60.4 Å². The Morgan fingerprint density at radius 3 is 2.30 bits per heavy atom. The largest absolute Gasteiger partial charge is 0.319 e. The second-order valence-corrected chi connectivity index (χ2v) is 6.77. The lowest BCUT2D eigenvalue weighted by molar-refractivity contribution is 0.102. The zero-order valence-electron chi connectivity index (χ0n) is 10.3. The van der Waals surface area contributed by atoms with Gasteiger partial charge in [-0.05, 0) is 47.1 Å². The van der Waals surface area contributed by atoms with Crippen LogP contribution in [0.5, 0.6) is 0 Å². The molecule has 0 saturated heterocycles. The predicted molar refractivity (Wildman–Crippen MR) is 91.0 cm³/mol. The van der Waals surface area contributed by atoms with Crippen LogP contribution in [0.1, 0.15) is 15.9 Å². The minimum absolute atomic E-state index is 0.272. The minimum atomic E-state index is -0.272. The Morgan fingerprint density at radius 1 is 1.10 bits per heavy atom. The highest BCUT2D eigenvalue weighted by atomic mass is 79.9. The van der Waals surface area contributed by atoms with E-state index >= 15 is 0 Å². The number of carbonyl (C=O) groups excluding carboxylic acids is 1. The molecule has 0 heterocycles. The van der Waals surface area contributed by atoms with Crippen LogP contribution in [0.15, 0.2) is 39.3 Å². The van der Waals surface area contributed by atoms with E-state index in [0.29, 0.717) is 25.8 Å². The molecule has 0 bridgehead atoms. The van der Waals surface area contributed by atoms with E-state index in [1.807, 2.05) is 19.1 Å². The Kier molecular flexibility index (Phi) is 5.13. The molecule has 0 spiro atoms. The zero-order chi connectivity index (χ0) is 14.9. The van der Waals surface area contributed by atoms with Gasteiger partial charge in [0.15, 0.2) is 0 Å². The molecule has 20 heavy (non-hydrogen) atoms. The fourth-order valence-corrected chi connectivity index (χ4v) is 3.39. The van der Waals surface area contributed by atoms with E-state index in [1.54, 1.807) is 18.2 Å². The second kappa shape index (κ2) is 6.48. The van der Waals surface area contributed by atoms with Gasteiger partial charge >= 0.3 is 0 Å². The van der Waals surface area contributed by atoms with Gasteiger partial charge in [0.2, 0.25) is 0 Å². The molecular weight excluding hydrogens is 429 g/mol. The van der Waals surface area contributed by atoms with Crippen LogP contribution in [0.2, 0.25) is 10.0 Å². The summed E-state index contributed by atoms with van der Waals surface area (Å²) in [7, 11) is 0. The molecule has 0 aromatic heterocycles. The van der Waals surface area contributed by atoms with Crippen molar-refractivity contribution in [2.45, 2.75) is 6.92 Å². The van der Waals surface area contributed by atoms with Crippen LogP contribution in [-0.4, -0.2) is 5.91 Å². The Bertz CT molecular complexity index is 666. The third-order valence-electron chi connectivity index (χ3n) is 2.61. The predicted octanol–water partition coefficient (Wildman–Crippen LogP) is 6.08. The third kappa shape index (κ3) is 3.55. The summed E-state index contributed by atoms with van der Waals surface area (Å²) < 4.78 is 1.46. The molecule has 0 aliphatic rings. The number of halogens is 4. The molecule has 104 valence electrons. The van der Waals surface area contributed by atoms with Crippen LogP contribution in [0, 0.1) is 6.92 Å². The maximum Gasteiger partial charge on any atom is 0.256 e. The molecule has 0 saturated carbocycles. The molecule has 0 fully saturated rings. The molecule has 0 atom stereocenters. The highest BCUT2D eigenvalue weighted by Crippen LogP contribution is 2.34.